The largest absolute Gasteiger partial charge is 0.479 e. The second-order valence-corrected chi connectivity index (χ2v) is 26.2. The van der Waals surface area contributed by atoms with Crippen LogP contribution in [0.1, 0.15) is 130 Å². The Bertz CT molecular complexity index is 3630. The summed E-state index contributed by atoms with van der Waals surface area (Å²) >= 11 is 0. The Kier molecular flexibility index (Phi) is 24.6. The monoisotopic (exact) mass is 1310 g/mol. The predicted octanol–water partition coefficient (Wildman–Crippen LogP) is 6.35. The molecule has 0 bridgehead atoms. The van der Waals surface area contributed by atoms with Gasteiger partial charge in [0.1, 0.15) is 42.4 Å². The van der Waals surface area contributed by atoms with Gasteiger partial charge in [-0.2, -0.15) is 0 Å². The highest BCUT2D eigenvalue weighted by Crippen LogP contribution is 2.42. The van der Waals surface area contributed by atoms with E-state index in [0.717, 1.165) is 22.4 Å². The maximum atomic E-state index is 14.3. The maximum Gasteiger partial charge on any atom is 0.411 e. The minimum absolute atomic E-state index is 0.0386. The van der Waals surface area contributed by atoms with Crippen LogP contribution in [0.15, 0.2) is 103 Å². The number of aliphatic hydroxyl groups excluding tert-OH is 3. The summed E-state index contributed by atoms with van der Waals surface area (Å²) in [5, 5.41) is 74.2. The molecule has 0 radical (unpaired) electrons. The number of aliphatic hydroxyl groups is 3. The van der Waals surface area contributed by atoms with Crippen molar-refractivity contribution in [2.24, 2.45) is 11.3 Å². The zero-order valence-electron chi connectivity index (χ0n) is 55.8. The highest BCUT2D eigenvalue weighted by Gasteiger charge is 2.49. The number of carbonyl (C=O) groups excluding carboxylic acids is 6. The number of ether oxygens (including phenoxy) is 3. The van der Waals surface area contributed by atoms with Gasteiger partial charge in [0.05, 0.1) is 30.0 Å². The molecule has 1 aromatic heterocycles. The van der Waals surface area contributed by atoms with Gasteiger partial charge in [-0.05, 0) is 99.0 Å². The van der Waals surface area contributed by atoms with E-state index in [1.165, 1.54) is 36.1 Å². The van der Waals surface area contributed by atoms with Crippen molar-refractivity contribution in [1.29, 1.82) is 0 Å². The van der Waals surface area contributed by atoms with Gasteiger partial charge in [0, 0.05) is 78.8 Å². The van der Waals surface area contributed by atoms with Gasteiger partial charge in [0.15, 0.2) is 6.10 Å². The van der Waals surface area contributed by atoms with Crippen molar-refractivity contribution in [2.45, 2.75) is 181 Å². The second-order valence-electron chi connectivity index (χ2n) is 26.2. The number of carboxylic acid groups (broad SMARTS) is 2. The van der Waals surface area contributed by atoms with Crippen molar-refractivity contribution in [2.75, 3.05) is 30.9 Å². The fourth-order valence-corrected chi connectivity index (χ4v) is 11.6. The molecule has 0 spiro atoms. The highest BCUT2D eigenvalue weighted by molar-refractivity contribution is 6.00. The third kappa shape index (κ3) is 18.0. The number of aliphatic carboxylic acids is 2. The summed E-state index contributed by atoms with van der Waals surface area (Å²) in [7, 11) is 3.20. The number of benzene rings is 4. The Labute approximate surface area is 552 Å². The lowest BCUT2D eigenvalue weighted by Gasteiger charge is -2.40. The molecule has 512 valence electrons. The molecule has 4 aromatic carbocycles. The van der Waals surface area contributed by atoms with E-state index in [1.807, 2.05) is 116 Å². The first-order valence-corrected chi connectivity index (χ1v) is 31.7. The Morgan fingerprint density at radius 3 is 2.13 bits per heavy atom. The minimum Gasteiger partial charge on any atom is -0.479 e. The summed E-state index contributed by atoms with van der Waals surface area (Å²) in [5.74, 6) is -4.79. The van der Waals surface area contributed by atoms with Crippen LogP contribution >= 0.6 is 0 Å². The summed E-state index contributed by atoms with van der Waals surface area (Å²) in [6.45, 7) is 18.1. The summed E-state index contributed by atoms with van der Waals surface area (Å²) in [6, 6.07) is 24.2. The lowest BCUT2D eigenvalue weighted by Crippen LogP contribution is -2.61. The van der Waals surface area contributed by atoms with Crippen molar-refractivity contribution < 1.29 is 78.1 Å². The first-order valence-electron chi connectivity index (χ1n) is 31.7. The Morgan fingerprint density at radius 1 is 0.789 bits per heavy atom. The van der Waals surface area contributed by atoms with Crippen molar-refractivity contribution in [3.05, 3.63) is 125 Å². The van der Waals surface area contributed by atoms with E-state index in [-0.39, 0.29) is 79.6 Å². The Balaban J connectivity index is 0.953. The number of unbranched alkanes of at least 4 members (excludes halogenated alkanes) is 1. The molecule has 8 atom stereocenters. The third-order valence-corrected chi connectivity index (χ3v) is 17.0. The molecular weight excluding hydrogens is 1220 g/mol. The van der Waals surface area contributed by atoms with Crippen LogP contribution in [0.2, 0.25) is 0 Å². The number of para-hydroxylation sites is 1. The molecule has 26 heteroatoms. The Morgan fingerprint density at radius 2 is 1.46 bits per heavy atom. The van der Waals surface area contributed by atoms with Crippen molar-refractivity contribution in [1.82, 2.24) is 41.2 Å². The summed E-state index contributed by atoms with van der Waals surface area (Å²) in [5.41, 5.74) is 4.80. The number of nitrogens with one attached hydrogen (secondary N) is 5. The molecule has 0 aliphatic carbocycles. The van der Waals surface area contributed by atoms with Crippen molar-refractivity contribution in [3.63, 3.8) is 0 Å². The van der Waals surface area contributed by atoms with Crippen LogP contribution in [0.25, 0.3) is 22.5 Å². The van der Waals surface area contributed by atoms with E-state index in [4.69, 9.17) is 14.2 Å². The number of hydrogen-bond acceptors (Lipinski definition) is 17. The van der Waals surface area contributed by atoms with Crippen molar-refractivity contribution in [3.8, 4) is 28.3 Å². The normalized spacial score (nSPS) is 18.1. The van der Waals surface area contributed by atoms with Crippen LogP contribution in [-0.2, 0) is 68.1 Å². The van der Waals surface area contributed by atoms with Crippen LogP contribution in [0.4, 0.5) is 16.2 Å². The molecule has 0 saturated carbocycles. The molecule has 1 fully saturated rings. The molecular formula is C69H90N10O16. The number of anilines is 2. The van der Waals surface area contributed by atoms with E-state index < -0.39 is 95.4 Å². The van der Waals surface area contributed by atoms with E-state index in [2.05, 4.69) is 36.9 Å². The lowest BCUT2D eigenvalue weighted by molar-refractivity contribution is -0.271. The summed E-state index contributed by atoms with van der Waals surface area (Å²) in [6.07, 6.45) is -8.11. The number of nitrogens with zero attached hydrogens (tertiary/aromatic N) is 5. The van der Waals surface area contributed by atoms with E-state index in [1.54, 1.807) is 43.3 Å². The van der Waals surface area contributed by atoms with Gasteiger partial charge in [0.25, 0.3) is 0 Å². The van der Waals surface area contributed by atoms with Gasteiger partial charge in [0.2, 0.25) is 35.8 Å². The molecule has 1 saturated heterocycles. The number of carbonyl (C=O) groups is 8. The quantitative estimate of drug-likeness (QED) is 0.0202. The van der Waals surface area contributed by atoms with Gasteiger partial charge in [-0.15, -0.1) is 5.10 Å². The molecule has 26 nitrogen and oxygen atoms in total. The molecule has 6 amide bonds. The van der Waals surface area contributed by atoms with Crippen LogP contribution in [0.3, 0.4) is 0 Å². The minimum atomic E-state index is -1.99. The molecule has 10 N–H and O–H groups in total. The predicted molar refractivity (Wildman–Crippen MR) is 352 cm³/mol. The number of amides is 6. The fraction of sp³-hybridized carbons (Fsp3) is 0.478. The number of aromatic nitrogens is 3. The highest BCUT2D eigenvalue weighted by atomic mass is 16.7. The molecule has 2 aliphatic heterocycles. The zero-order chi connectivity index (χ0) is 69.8. The van der Waals surface area contributed by atoms with Crippen LogP contribution in [-0.4, -0.2) is 162 Å². The first kappa shape index (κ1) is 73.3. The number of hydrogen-bond donors (Lipinski definition) is 10. The van der Waals surface area contributed by atoms with Gasteiger partial charge < -0.3 is 70.8 Å². The van der Waals surface area contributed by atoms with Crippen LogP contribution < -0.4 is 36.2 Å². The van der Waals surface area contributed by atoms with Gasteiger partial charge in [-0.3, -0.25) is 29.3 Å². The molecule has 3 heterocycles. The Hall–Kier alpha value is -9.08. The molecule has 7 rings (SSSR count). The standard InChI is InChI=1S/C69H90N10O16/c1-38(2)49(32-40(5)64(88)89)77(12)63(87)61(68(6,7)8)74-62(86)60(70-11)69(9,10)44-21-19-22-45(34-44)73-67(92)93-37-41-28-29-50(94-66-58(85)56(83)57(84)59(95-66)65(90)91)43(33-41)35-72-52(81)30-31-71-51(80)26-17-18-27-53(82)78-36-42-20-13-14-23-46(42)55-54(75-76-79(55)39(3)4)47-24-15-16-25-48(47)78/h13-16,19-25,28-29,32-34,38-39,49,56-61,66,70,83-85H,17-18,26-27,30-31,35-37H2,1-12H3,(H,71,80)(H,72,81)(H,73,92)(H,74,86)(H,88,89)(H,90,91)/b40-32+/t49-,56+,57+,58-,59+,60-,61-,66-/m1/s1. The van der Waals surface area contributed by atoms with Crippen LogP contribution in [0.5, 0.6) is 5.75 Å². The molecule has 2 aliphatic rings. The smallest absolute Gasteiger partial charge is 0.411 e. The van der Waals surface area contributed by atoms with Gasteiger partial charge in [-0.1, -0.05) is 120 Å². The fourth-order valence-electron chi connectivity index (χ4n) is 11.6. The molecule has 95 heavy (non-hydrogen) atoms. The average Bonchev–Trinajstić information content (AvgIpc) is 1.69. The van der Waals surface area contributed by atoms with E-state index in [0.29, 0.717) is 47.6 Å². The topological polar surface area (TPSA) is 363 Å². The van der Waals surface area contributed by atoms with E-state index >= 15 is 0 Å². The number of likely N-dealkylation sites (N-methyl/N-ethyl adjacent to an activating group) is 2. The van der Waals surface area contributed by atoms with Crippen molar-refractivity contribution >= 4 is 58.9 Å². The SMILES string of the molecule is CN[C@H](C(=O)N[C@H](C(=O)N(C)[C@H](/C=C(\C)C(=O)O)C(C)C)C(C)(C)C)C(C)(C)c1cccc(NC(=O)OCc2ccc(O[C@@H]3O[C@H](C(=O)O)[C@@H](O)[C@H](O)[C@H]3O)c(CNC(=O)CCNC(=O)CCCCC(=O)N3Cc4ccccc4-c4c(nnn4C(C)C)-c4ccccc43)c2)c1. The van der Waals surface area contributed by atoms with Gasteiger partial charge >= 0.3 is 18.0 Å². The first-order chi connectivity index (χ1) is 44.8. The lowest BCUT2D eigenvalue weighted by atomic mass is 9.76. The second kappa shape index (κ2) is 31.9. The summed E-state index contributed by atoms with van der Waals surface area (Å²) < 4.78 is 18.8. The summed E-state index contributed by atoms with van der Waals surface area (Å²) in [4.78, 5) is 109. The van der Waals surface area contributed by atoms with E-state index in [9.17, 15) is 63.9 Å². The van der Waals surface area contributed by atoms with Crippen LogP contribution in [0, 0.1) is 11.3 Å². The number of carboxylic acids is 2. The molecule has 0 unspecified atom stereocenters. The zero-order valence-corrected chi connectivity index (χ0v) is 55.8. The number of rotatable bonds is 27. The molecule has 5 aromatic rings. The maximum absolute atomic E-state index is 14.3. The average molecular weight is 1320 g/mol. The van der Waals surface area contributed by atoms with Gasteiger partial charge in [-0.25, -0.2) is 19.1 Å². The third-order valence-electron chi connectivity index (χ3n) is 17.0. The number of fused-ring (bicyclic) bond motifs is 5.